The number of hydrogen-bond donors (Lipinski definition) is 1. The lowest BCUT2D eigenvalue weighted by atomic mass is 10.1. The Kier molecular flexibility index (Phi) is 6.12. The van der Waals surface area contributed by atoms with Gasteiger partial charge in [-0.25, -0.2) is 4.79 Å². The number of carbonyl (C=O) groups is 1. The SMILES string of the molecule is CC=C(C)c1ccc(C(=O)OCOc2ccc(-c3ccc(O)cc3)cc2)cc1. The maximum Gasteiger partial charge on any atom is 0.340 e. The van der Waals surface area contributed by atoms with Crippen molar-refractivity contribution >= 4 is 11.5 Å². The quantitative estimate of drug-likeness (QED) is 0.446. The van der Waals surface area contributed by atoms with E-state index in [-0.39, 0.29) is 12.5 Å². The highest BCUT2D eigenvalue weighted by Crippen LogP contribution is 2.24. The number of aromatic hydroxyl groups is 1. The van der Waals surface area contributed by atoms with Crippen molar-refractivity contribution in [3.05, 3.63) is 90.0 Å². The van der Waals surface area contributed by atoms with Gasteiger partial charge in [0, 0.05) is 0 Å². The third kappa shape index (κ3) is 4.80. The summed E-state index contributed by atoms with van der Waals surface area (Å²) in [6, 6.07) is 21.7. The lowest BCUT2D eigenvalue weighted by molar-refractivity contribution is 0.0154. The number of phenolic OH excluding ortho intramolecular Hbond substituents is 1. The molecule has 142 valence electrons. The average Bonchev–Trinajstić information content (AvgIpc) is 2.74. The molecule has 0 spiro atoms. The van der Waals surface area contributed by atoms with E-state index in [9.17, 15) is 9.90 Å². The van der Waals surface area contributed by atoms with Crippen LogP contribution < -0.4 is 4.74 Å². The smallest absolute Gasteiger partial charge is 0.340 e. The first-order chi connectivity index (χ1) is 13.6. The molecule has 0 saturated heterocycles. The summed E-state index contributed by atoms with van der Waals surface area (Å²) in [4.78, 5) is 12.1. The third-order valence-corrected chi connectivity index (χ3v) is 4.48. The summed E-state index contributed by atoms with van der Waals surface area (Å²) < 4.78 is 10.7. The van der Waals surface area contributed by atoms with Crippen LogP contribution in [0.1, 0.15) is 29.8 Å². The van der Waals surface area contributed by atoms with Crippen LogP contribution >= 0.6 is 0 Å². The fraction of sp³-hybridized carbons (Fsp3) is 0.125. The van der Waals surface area contributed by atoms with Crippen molar-refractivity contribution in [3.63, 3.8) is 0 Å². The van der Waals surface area contributed by atoms with E-state index in [0.29, 0.717) is 11.3 Å². The third-order valence-electron chi connectivity index (χ3n) is 4.48. The number of hydrogen-bond acceptors (Lipinski definition) is 4. The van der Waals surface area contributed by atoms with Crippen LogP contribution in [0.3, 0.4) is 0 Å². The van der Waals surface area contributed by atoms with Crippen molar-refractivity contribution in [3.8, 4) is 22.6 Å². The van der Waals surface area contributed by atoms with Crippen molar-refractivity contribution in [2.75, 3.05) is 6.79 Å². The minimum Gasteiger partial charge on any atom is -0.508 e. The molecule has 0 amide bonds. The fourth-order valence-corrected chi connectivity index (χ4v) is 2.67. The largest absolute Gasteiger partial charge is 0.508 e. The summed E-state index contributed by atoms with van der Waals surface area (Å²) in [7, 11) is 0. The van der Waals surface area contributed by atoms with Gasteiger partial charge in [0.15, 0.2) is 0 Å². The van der Waals surface area contributed by atoms with Crippen LogP contribution in [-0.4, -0.2) is 17.9 Å². The van der Waals surface area contributed by atoms with E-state index < -0.39 is 5.97 Å². The van der Waals surface area contributed by atoms with Gasteiger partial charge in [0.2, 0.25) is 6.79 Å². The van der Waals surface area contributed by atoms with Crippen LogP contribution in [-0.2, 0) is 4.74 Å². The Morgan fingerprint density at radius 1 is 0.857 bits per heavy atom. The van der Waals surface area contributed by atoms with E-state index in [1.54, 1.807) is 24.3 Å². The van der Waals surface area contributed by atoms with Crippen LogP contribution in [0, 0.1) is 0 Å². The summed E-state index contributed by atoms with van der Waals surface area (Å²) in [5.74, 6) is 0.414. The monoisotopic (exact) mass is 374 g/mol. The topological polar surface area (TPSA) is 55.8 Å². The Labute approximate surface area is 164 Å². The summed E-state index contributed by atoms with van der Waals surface area (Å²) in [6.07, 6.45) is 2.02. The zero-order valence-electron chi connectivity index (χ0n) is 15.9. The number of allylic oxidation sites excluding steroid dienone is 2. The number of phenols is 1. The summed E-state index contributed by atoms with van der Waals surface area (Å²) in [6.45, 7) is 3.84. The molecule has 0 bridgehead atoms. The van der Waals surface area contributed by atoms with E-state index in [0.717, 1.165) is 22.3 Å². The molecular weight excluding hydrogens is 352 g/mol. The van der Waals surface area contributed by atoms with Crippen molar-refractivity contribution < 1.29 is 19.4 Å². The second kappa shape index (κ2) is 8.91. The van der Waals surface area contributed by atoms with Crippen molar-refractivity contribution in [2.45, 2.75) is 13.8 Å². The molecule has 0 aliphatic heterocycles. The van der Waals surface area contributed by atoms with Gasteiger partial charge in [-0.2, -0.15) is 0 Å². The molecule has 1 N–H and O–H groups in total. The van der Waals surface area contributed by atoms with Gasteiger partial charge in [-0.15, -0.1) is 0 Å². The van der Waals surface area contributed by atoms with Crippen LogP contribution in [0.2, 0.25) is 0 Å². The number of rotatable bonds is 6. The van der Waals surface area contributed by atoms with Gasteiger partial charge < -0.3 is 14.6 Å². The summed E-state index contributed by atoms with van der Waals surface area (Å²) in [5.41, 5.74) is 4.70. The molecule has 3 rings (SSSR count). The number of esters is 1. The highest BCUT2D eigenvalue weighted by atomic mass is 16.7. The Morgan fingerprint density at radius 2 is 1.39 bits per heavy atom. The molecule has 0 radical (unpaired) electrons. The highest BCUT2D eigenvalue weighted by Gasteiger charge is 2.08. The number of carbonyl (C=O) groups excluding carboxylic acids is 1. The first-order valence-electron chi connectivity index (χ1n) is 8.99. The van der Waals surface area contributed by atoms with Gasteiger partial charge in [0.1, 0.15) is 11.5 Å². The normalized spacial score (nSPS) is 11.1. The highest BCUT2D eigenvalue weighted by molar-refractivity contribution is 5.89. The molecule has 0 fully saturated rings. The number of benzene rings is 3. The van der Waals surface area contributed by atoms with Crippen molar-refractivity contribution in [1.82, 2.24) is 0 Å². The molecule has 3 aromatic rings. The molecule has 0 aromatic heterocycles. The van der Waals surface area contributed by atoms with Gasteiger partial charge >= 0.3 is 5.97 Å². The predicted octanol–water partition coefficient (Wildman–Crippen LogP) is 5.68. The first kappa shape index (κ1) is 19.2. The number of ether oxygens (including phenoxy) is 2. The van der Waals surface area contributed by atoms with Gasteiger partial charge in [-0.3, -0.25) is 0 Å². The molecule has 0 aliphatic rings. The molecule has 0 aliphatic carbocycles. The van der Waals surface area contributed by atoms with Gasteiger partial charge in [0.05, 0.1) is 5.56 Å². The van der Waals surface area contributed by atoms with Crippen LogP contribution in [0.4, 0.5) is 0 Å². The lowest BCUT2D eigenvalue weighted by Crippen LogP contribution is -2.10. The lowest BCUT2D eigenvalue weighted by Gasteiger charge is -2.09. The fourth-order valence-electron chi connectivity index (χ4n) is 2.67. The molecule has 0 unspecified atom stereocenters. The molecule has 28 heavy (non-hydrogen) atoms. The Hall–Kier alpha value is -3.53. The van der Waals surface area contributed by atoms with Gasteiger partial charge in [-0.05, 0) is 72.5 Å². The van der Waals surface area contributed by atoms with E-state index in [1.807, 2.05) is 68.5 Å². The van der Waals surface area contributed by atoms with Crippen LogP contribution in [0.25, 0.3) is 16.7 Å². The zero-order chi connectivity index (χ0) is 19.9. The second-order valence-corrected chi connectivity index (χ2v) is 6.31. The molecule has 0 saturated carbocycles. The minimum atomic E-state index is -0.426. The molecule has 0 atom stereocenters. The molecular formula is C24H22O4. The van der Waals surface area contributed by atoms with E-state index in [4.69, 9.17) is 9.47 Å². The zero-order valence-corrected chi connectivity index (χ0v) is 15.9. The molecule has 4 heteroatoms. The molecule has 4 nitrogen and oxygen atoms in total. The Balaban J connectivity index is 1.53. The van der Waals surface area contributed by atoms with Crippen molar-refractivity contribution in [2.24, 2.45) is 0 Å². The average molecular weight is 374 g/mol. The minimum absolute atomic E-state index is 0.160. The Morgan fingerprint density at radius 3 is 1.96 bits per heavy atom. The van der Waals surface area contributed by atoms with E-state index in [2.05, 4.69) is 0 Å². The summed E-state index contributed by atoms with van der Waals surface area (Å²) in [5, 5.41) is 9.36. The van der Waals surface area contributed by atoms with E-state index >= 15 is 0 Å². The van der Waals surface area contributed by atoms with E-state index in [1.165, 1.54) is 0 Å². The van der Waals surface area contributed by atoms with Gasteiger partial charge in [-0.1, -0.05) is 42.5 Å². The first-order valence-corrected chi connectivity index (χ1v) is 8.99. The van der Waals surface area contributed by atoms with Crippen LogP contribution in [0.15, 0.2) is 78.9 Å². The molecule has 0 heterocycles. The second-order valence-electron chi connectivity index (χ2n) is 6.31. The predicted molar refractivity (Wildman–Crippen MR) is 110 cm³/mol. The maximum atomic E-state index is 12.1. The van der Waals surface area contributed by atoms with Gasteiger partial charge in [0.25, 0.3) is 0 Å². The standard InChI is InChI=1S/C24H22O4/c1-3-17(2)18-4-6-21(7-5-18)24(26)28-16-27-23-14-10-20(11-15-23)19-8-12-22(25)13-9-19/h3-15,25H,16H2,1-2H3. The maximum absolute atomic E-state index is 12.1. The van der Waals surface area contributed by atoms with Crippen LogP contribution in [0.5, 0.6) is 11.5 Å². The summed E-state index contributed by atoms with van der Waals surface area (Å²) >= 11 is 0. The Bertz CT molecular complexity index is 953. The molecule has 3 aromatic carbocycles. The van der Waals surface area contributed by atoms with Crippen molar-refractivity contribution in [1.29, 1.82) is 0 Å².